The molecule has 0 fully saturated rings. The fourth-order valence-electron chi connectivity index (χ4n) is 5.15. The van der Waals surface area contributed by atoms with Crippen molar-refractivity contribution in [1.82, 2.24) is 9.88 Å². The van der Waals surface area contributed by atoms with Crippen LogP contribution in [0.1, 0.15) is 33.3 Å². The Labute approximate surface area is 197 Å². The normalized spacial score (nSPS) is 16.8. The first kappa shape index (κ1) is 20.8. The topological polar surface area (TPSA) is 89.0 Å². The van der Waals surface area contributed by atoms with E-state index in [9.17, 15) is 14.8 Å². The van der Waals surface area contributed by atoms with Crippen molar-refractivity contribution in [3.8, 4) is 5.75 Å². The van der Waals surface area contributed by atoms with Crippen molar-refractivity contribution in [3.63, 3.8) is 0 Å². The molecular weight excluding hydrogens is 429 g/mol. The maximum absolute atomic E-state index is 13.2. The van der Waals surface area contributed by atoms with Crippen LogP contribution in [-0.2, 0) is 13.0 Å². The van der Waals surface area contributed by atoms with Crippen molar-refractivity contribution < 1.29 is 19.6 Å². The third-order valence-corrected chi connectivity index (χ3v) is 6.89. The lowest BCUT2D eigenvalue weighted by Crippen LogP contribution is -2.51. The lowest BCUT2D eigenvalue weighted by molar-refractivity contribution is 0.0634. The molecule has 0 saturated carbocycles. The average Bonchev–Trinajstić information content (AvgIpc) is 3.24. The molecule has 7 nitrogen and oxygen atoms in total. The quantitative estimate of drug-likeness (QED) is 0.414. The highest BCUT2D eigenvalue weighted by Gasteiger charge is 2.41. The monoisotopic (exact) mass is 453 g/mol. The predicted octanol–water partition coefficient (Wildman–Crippen LogP) is 2.57. The summed E-state index contributed by atoms with van der Waals surface area (Å²) in [4.78, 5) is 20.9. The van der Waals surface area contributed by atoms with Gasteiger partial charge in [0.1, 0.15) is 18.5 Å². The fourth-order valence-corrected chi connectivity index (χ4v) is 5.15. The molecule has 3 heterocycles. The van der Waals surface area contributed by atoms with Gasteiger partial charge in [-0.1, -0.05) is 36.4 Å². The number of anilines is 1. The molecule has 3 aromatic carbocycles. The Kier molecular flexibility index (Phi) is 4.86. The summed E-state index contributed by atoms with van der Waals surface area (Å²) in [5, 5.41) is 19.6. The number of aromatic amines is 1. The Bertz CT molecular complexity index is 1400. The van der Waals surface area contributed by atoms with Crippen molar-refractivity contribution >= 4 is 35.1 Å². The van der Waals surface area contributed by atoms with Crippen LogP contribution in [0.5, 0.6) is 5.75 Å². The van der Waals surface area contributed by atoms with Crippen LogP contribution in [0.15, 0.2) is 66.7 Å². The van der Waals surface area contributed by atoms with Crippen LogP contribution in [0.2, 0.25) is 0 Å². The molecule has 6 rings (SSSR count). The van der Waals surface area contributed by atoms with Crippen LogP contribution in [0.4, 0.5) is 5.69 Å². The SMILES string of the molecule is CN1c2ccccc2C(=O)N2CCc3c([nH]c4ccc(OCc5ccc(B(O)O)cc5)cc34)C21. The van der Waals surface area contributed by atoms with Gasteiger partial charge >= 0.3 is 7.12 Å². The van der Waals surface area contributed by atoms with E-state index in [1.165, 1.54) is 5.56 Å². The number of carbonyl (C=O) groups is 1. The van der Waals surface area contributed by atoms with Crippen LogP contribution in [0, 0.1) is 0 Å². The first-order valence-electron chi connectivity index (χ1n) is 11.4. The van der Waals surface area contributed by atoms with Gasteiger partial charge in [0, 0.05) is 24.5 Å². The lowest BCUT2D eigenvalue weighted by atomic mass is 9.80. The maximum atomic E-state index is 13.2. The summed E-state index contributed by atoms with van der Waals surface area (Å²) >= 11 is 0. The third kappa shape index (κ3) is 3.26. The second-order valence-corrected chi connectivity index (χ2v) is 8.88. The molecule has 1 atom stereocenters. The molecule has 0 aliphatic carbocycles. The zero-order chi connectivity index (χ0) is 23.4. The van der Waals surface area contributed by atoms with E-state index in [1.54, 1.807) is 12.1 Å². The van der Waals surface area contributed by atoms with E-state index in [2.05, 4.69) is 16.0 Å². The van der Waals surface area contributed by atoms with Gasteiger partial charge in [-0.3, -0.25) is 4.79 Å². The number of H-pyrrole nitrogens is 1. The van der Waals surface area contributed by atoms with Crippen LogP contribution in [-0.4, -0.2) is 46.5 Å². The van der Waals surface area contributed by atoms with Gasteiger partial charge in [0.25, 0.3) is 5.91 Å². The number of rotatable bonds is 4. The molecule has 2 aliphatic rings. The van der Waals surface area contributed by atoms with E-state index < -0.39 is 7.12 Å². The lowest BCUT2D eigenvalue weighted by Gasteiger charge is -2.46. The van der Waals surface area contributed by atoms with Gasteiger partial charge in [0.15, 0.2) is 0 Å². The van der Waals surface area contributed by atoms with E-state index in [1.807, 2.05) is 60.5 Å². The average molecular weight is 453 g/mol. The van der Waals surface area contributed by atoms with Crippen LogP contribution in [0.25, 0.3) is 10.9 Å². The number of hydrogen-bond acceptors (Lipinski definition) is 5. The molecular formula is C26H24BN3O4. The molecule has 1 aromatic heterocycles. The predicted molar refractivity (Wildman–Crippen MR) is 131 cm³/mol. The molecule has 0 radical (unpaired) electrons. The number of carbonyl (C=O) groups excluding carboxylic acids is 1. The molecule has 2 aliphatic heterocycles. The fraction of sp³-hybridized carbons (Fsp3) is 0.192. The van der Waals surface area contributed by atoms with Gasteiger partial charge in [-0.25, -0.2) is 0 Å². The summed E-state index contributed by atoms with van der Waals surface area (Å²) in [5.41, 5.74) is 6.40. The number of para-hydroxylation sites is 1. The second kappa shape index (κ2) is 7.93. The summed E-state index contributed by atoms with van der Waals surface area (Å²) in [6.07, 6.45) is 0.616. The molecule has 0 bridgehead atoms. The Hall–Kier alpha value is -3.75. The number of fused-ring (bicyclic) bond motifs is 6. The largest absolute Gasteiger partial charge is 0.489 e. The standard InChI is InChI=1S/C26H24BN3O4/c1-29-23-5-3-2-4-20(23)26(31)30-13-12-19-21-14-18(10-11-22(21)28-24(19)25(29)30)34-15-16-6-8-17(9-7-16)27(32)33/h2-11,14,25,28,32-33H,12-13,15H2,1H3. The summed E-state index contributed by atoms with van der Waals surface area (Å²) in [6.45, 7) is 1.04. The number of ether oxygens (including phenoxy) is 1. The number of nitrogens with one attached hydrogen (secondary N) is 1. The second-order valence-electron chi connectivity index (χ2n) is 8.88. The zero-order valence-corrected chi connectivity index (χ0v) is 18.7. The van der Waals surface area contributed by atoms with Crippen LogP contribution in [0.3, 0.4) is 0 Å². The van der Waals surface area contributed by atoms with E-state index in [4.69, 9.17) is 4.74 Å². The van der Waals surface area contributed by atoms with E-state index >= 15 is 0 Å². The van der Waals surface area contributed by atoms with Gasteiger partial charge in [0.05, 0.1) is 16.9 Å². The number of benzene rings is 3. The molecule has 0 spiro atoms. The van der Waals surface area contributed by atoms with E-state index in [0.29, 0.717) is 18.6 Å². The molecule has 8 heteroatoms. The Morgan fingerprint density at radius 3 is 2.68 bits per heavy atom. The van der Waals surface area contributed by atoms with Gasteiger partial charge in [-0.2, -0.15) is 0 Å². The Morgan fingerprint density at radius 2 is 1.88 bits per heavy atom. The first-order chi connectivity index (χ1) is 16.5. The van der Waals surface area contributed by atoms with Crippen molar-refractivity contribution in [2.45, 2.75) is 19.2 Å². The minimum Gasteiger partial charge on any atom is -0.489 e. The van der Waals surface area contributed by atoms with Crippen molar-refractivity contribution in [2.75, 3.05) is 18.5 Å². The first-order valence-corrected chi connectivity index (χ1v) is 11.4. The van der Waals surface area contributed by atoms with Crippen molar-refractivity contribution in [3.05, 3.63) is 89.1 Å². The molecule has 0 saturated heterocycles. The summed E-state index contributed by atoms with van der Waals surface area (Å²) in [7, 11) is 0.569. The van der Waals surface area contributed by atoms with Gasteiger partial charge in [0.2, 0.25) is 0 Å². The number of hydrogen-bond donors (Lipinski definition) is 3. The van der Waals surface area contributed by atoms with Gasteiger partial charge in [-0.05, 0) is 53.3 Å². The smallest absolute Gasteiger partial charge is 0.488 e. The van der Waals surface area contributed by atoms with Crippen molar-refractivity contribution in [2.24, 2.45) is 0 Å². The molecule has 34 heavy (non-hydrogen) atoms. The molecule has 1 unspecified atom stereocenters. The highest BCUT2D eigenvalue weighted by Crippen LogP contribution is 2.43. The van der Waals surface area contributed by atoms with Crippen molar-refractivity contribution in [1.29, 1.82) is 0 Å². The molecule has 1 amide bonds. The molecule has 170 valence electrons. The van der Waals surface area contributed by atoms with Crippen LogP contribution < -0.4 is 15.1 Å². The minimum atomic E-state index is -1.47. The maximum Gasteiger partial charge on any atom is 0.488 e. The Morgan fingerprint density at radius 1 is 1.09 bits per heavy atom. The Balaban J connectivity index is 1.30. The summed E-state index contributed by atoms with van der Waals surface area (Å²) in [5.74, 6) is 0.841. The van der Waals surface area contributed by atoms with E-state index in [0.717, 1.165) is 45.6 Å². The highest BCUT2D eigenvalue weighted by molar-refractivity contribution is 6.58. The van der Waals surface area contributed by atoms with Crippen LogP contribution >= 0.6 is 0 Å². The highest BCUT2D eigenvalue weighted by atomic mass is 16.5. The van der Waals surface area contributed by atoms with E-state index in [-0.39, 0.29) is 12.1 Å². The minimum absolute atomic E-state index is 0.0757. The van der Waals surface area contributed by atoms with Gasteiger partial charge in [-0.15, -0.1) is 0 Å². The zero-order valence-electron chi connectivity index (χ0n) is 18.7. The summed E-state index contributed by atoms with van der Waals surface area (Å²) < 4.78 is 6.04. The third-order valence-electron chi connectivity index (χ3n) is 6.89. The molecule has 3 N–H and O–H groups in total. The number of nitrogens with zero attached hydrogens (tertiary/aromatic N) is 2. The van der Waals surface area contributed by atoms with Gasteiger partial charge < -0.3 is 29.6 Å². The number of amides is 1. The summed E-state index contributed by atoms with van der Waals surface area (Å²) in [6, 6.07) is 20.8. The number of aromatic nitrogens is 1. The molecule has 4 aromatic rings.